The number of nitrogens with zero attached hydrogens (tertiary/aromatic N) is 2. The summed E-state index contributed by atoms with van der Waals surface area (Å²) in [5, 5.41) is 9.66. The molecule has 1 aromatic rings. The van der Waals surface area contributed by atoms with Crippen molar-refractivity contribution < 1.29 is 60.6 Å². The number of phosphoric ester groups is 1. The number of halogens is 1. The lowest BCUT2D eigenvalue weighted by molar-refractivity contribution is -0.120. The molecule has 16 nitrogen and oxygen atoms in total. The summed E-state index contributed by atoms with van der Waals surface area (Å²) in [6.45, 7) is -1.29. The number of rotatable bonds is 12. The predicted octanol–water partition coefficient (Wildman–Crippen LogP) is -0.597. The van der Waals surface area contributed by atoms with Gasteiger partial charge >= 0.3 is 29.2 Å². The minimum absolute atomic E-state index is 0.101. The van der Waals surface area contributed by atoms with Crippen molar-refractivity contribution in [2.45, 2.75) is 25.4 Å². The Bertz CT molecular complexity index is 922. The summed E-state index contributed by atoms with van der Waals surface area (Å²) in [4.78, 5) is 50.6. The molecule has 174 valence electrons. The molecule has 0 bridgehead atoms. The van der Waals surface area contributed by atoms with Crippen molar-refractivity contribution in [3.63, 3.8) is 0 Å². The van der Waals surface area contributed by atoms with Crippen LogP contribution in [0.4, 0.5) is 10.2 Å². The standard InChI is InChI=1S/C10H19FN3O13P3/c1-6(14-3-2-9(12)13-10(14)16)25-8(7(15)4-11)5-24-29(20,21)27-30(22,23)26-28(17,18)19/h2-3,6-8,15H,4-5H2,1H3,(H,20,21)(H,22,23)(H2,12,13,16)(H2,17,18,19)/t6?,7?,8-/m1/s1. The van der Waals surface area contributed by atoms with Gasteiger partial charge in [0.2, 0.25) is 0 Å². The molecule has 0 aromatic carbocycles. The topological polar surface area (TPSA) is 250 Å². The average Bonchev–Trinajstić information content (AvgIpc) is 2.54. The van der Waals surface area contributed by atoms with Gasteiger partial charge < -0.3 is 35.2 Å². The molecule has 0 aliphatic carbocycles. The Morgan fingerprint density at radius 3 is 2.30 bits per heavy atom. The number of aromatic nitrogens is 2. The number of phosphoric acid groups is 3. The van der Waals surface area contributed by atoms with Gasteiger partial charge in [-0.15, -0.1) is 0 Å². The monoisotopic (exact) mass is 501 g/mol. The van der Waals surface area contributed by atoms with Crippen LogP contribution < -0.4 is 11.4 Å². The number of anilines is 1. The van der Waals surface area contributed by atoms with Crippen LogP contribution in [0.5, 0.6) is 0 Å². The molecule has 7 N–H and O–H groups in total. The second kappa shape index (κ2) is 10.5. The number of aliphatic hydroxyl groups is 1. The van der Waals surface area contributed by atoms with Crippen LogP contribution in [0.3, 0.4) is 0 Å². The molecule has 0 fully saturated rings. The predicted molar refractivity (Wildman–Crippen MR) is 94.3 cm³/mol. The van der Waals surface area contributed by atoms with Crippen LogP contribution in [0.2, 0.25) is 0 Å². The SMILES string of the molecule is CC(O[C@H](COP(=O)(O)OP(=O)(O)OP(=O)(O)O)C(O)CF)n1ccc(N)nc1=O. The van der Waals surface area contributed by atoms with Gasteiger partial charge in [0.1, 0.15) is 30.9 Å². The summed E-state index contributed by atoms with van der Waals surface area (Å²) in [5.74, 6) is -0.101. The molecular weight excluding hydrogens is 482 g/mol. The van der Waals surface area contributed by atoms with Gasteiger partial charge in [-0.3, -0.25) is 9.09 Å². The fraction of sp³-hybridized carbons (Fsp3) is 0.600. The highest BCUT2D eigenvalue weighted by Crippen LogP contribution is 2.66. The number of ether oxygens (including phenoxy) is 1. The van der Waals surface area contributed by atoms with Crippen molar-refractivity contribution in [1.29, 1.82) is 0 Å². The fourth-order valence-electron chi connectivity index (χ4n) is 1.83. The Balaban J connectivity index is 2.88. The zero-order valence-electron chi connectivity index (χ0n) is 15.0. The van der Waals surface area contributed by atoms with E-state index in [0.29, 0.717) is 0 Å². The average molecular weight is 501 g/mol. The van der Waals surface area contributed by atoms with E-state index in [4.69, 9.17) is 25.2 Å². The number of alkyl halides is 1. The molecule has 0 spiro atoms. The number of nitrogen functional groups attached to an aromatic ring is 1. The van der Waals surface area contributed by atoms with Crippen molar-refractivity contribution in [3.8, 4) is 0 Å². The first-order valence-corrected chi connectivity index (χ1v) is 12.1. The maximum Gasteiger partial charge on any atom is 0.490 e. The molecule has 0 aliphatic heterocycles. The second-order valence-corrected chi connectivity index (χ2v) is 9.84. The van der Waals surface area contributed by atoms with Crippen LogP contribution in [0, 0.1) is 0 Å². The van der Waals surface area contributed by atoms with Gasteiger partial charge in [0, 0.05) is 6.20 Å². The summed E-state index contributed by atoms with van der Waals surface area (Å²) in [7, 11) is -16.9. The number of hydrogen-bond acceptors (Lipinski definition) is 11. The van der Waals surface area contributed by atoms with E-state index < -0.39 is 60.9 Å². The van der Waals surface area contributed by atoms with E-state index in [1.807, 2.05) is 0 Å². The Labute approximate surface area is 167 Å². The highest BCUT2D eigenvalue weighted by molar-refractivity contribution is 7.66. The van der Waals surface area contributed by atoms with E-state index in [9.17, 15) is 32.9 Å². The van der Waals surface area contributed by atoms with Crippen molar-refractivity contribution in [2.75, 3.05) is 19.0 Å². The van der Waals surface area contributed by atoms with Gasteiger partial charge in [-0.05, 0) is 13.0 Å². The first kappa shape index (κ1) is 27.0. The Hall–Kier alpha value is -1.06. The number of hydrogen-bond donors (Lipinski definition) is 6. The Morgan fingerprint density at radius 2 is 1.80 bits per heavy atom. The Morgan fingerprint density at radius 1 is 1.20 bits per heavy atom. The highest BCUT2D eigenvalue weighted by Gasteiger charge is 2.41. The maximum absolute atomic E-state index is 12.9. The molecule has 4 unspecified atom stereocenters. The highest BCUT2D eigenvalue weighted by atomic mass is 31.3. The zero-order chi connectivity index (χ0) is 23.3. The van der Waals surface area contributed by atoms with E-state index in [-0.39, 0.29) is 5.82 Å². The molecule has 0 saturated carbocycles. The van der Waals surface area contributed by atoms with E-state index in [2.05, 4.69) is 18.1 Å². The first-order chi connectivity index (χ1) is 13.6. The summed E-state index contributed by atoms with van der Waals surface area (Å²) in [6, 6.07) is 1.23. The third-order valence-electron chi connectivity index (χ3n) is 3.02. The quantitative estimate of drug-likeness (QED) is 0.196. The maximum atomic E-state index is 12.9. The van der Waals surface area contributed by atoms with E-state index in [1.54, 1.807) is 0 Å². The largest absolute Gasteiger partial charge is 0.490 e. The summed E-state index contributed by atoms with van der Waals surface area (Å²) < 4.78 is 63.8. The van der Waals surface area contributed by atoms with E-state index in [0.717, 1.165) is 10.8 Å². The van der Waals surface area contributed by atoms with E-state index in [1.165, 1.54) is 13.0 Å². The van der Waals surface area contributed by atoms with Gasteiger partial charge in [0.15, 0.2) is 0 Å². The summed E-state index contributed by atoms with van der Waals surface area (Å²) >= 11 is 0. The fourth-order valence-corrected chi connectivity index (χ4v) is 4.86. The molecule has 30 heavy (non-hydrogen) atoms. The molecule has 5 atom stereocenters. The molecular formula is C10H19FN3O13P3. The molecule has 1 aromatic heterocycles. The lowest BCUT2D eigenvalue weighted by Crippen LogP contribution is -2.38. The molecule has 1 heterocycles. The third-order valence-corrected chi connectivity index (χ3v) is 6.82. The smallest absolute Gasteiger partial charge is 0.388 e. The zero-order valence-corrected chi connectivity index (χ0v) is 17.7. The van der Waals surface area contributed by atoms with Crippen molar-refractivity contribution in [3.05, 3.63) is 22.7 Å². The van der Waals surface area contributed by atoms with Crippen LogP contribution in [0.15, 0.2) is 17.1 Å². The summed E-state index contributed by atoms with van der Waals surface area (Å²) in [5.41, 5.74) is 4.46. The van der Waals surface area contributed by atoms with Crippen molar-refractivity contribution in [1.82, 2.24) is 9.55 Å². The van der Waals surface area contributed by atoms with Crippen LogP contribution in [0.25, 0.3) is 0 Å². The second-order valence-electron chi connectivity index (χ2n) is 5.42. The van der Waals surface area contributed by atoms with Crippen LogP contribution in [-0.2, 0) is 31.6 Å². The molecule has 1 rings (SSSR count). The van der Waals surface area contributed by atoms with Gasteiger partial charge in [0.25, 0.3) is 0 Å². The lowest BCUT2D eigenvalue weighted by atomic mass is 10.2. The molecule has 0 amide bonds. The van der Waals surface area contributed by atoms with Gasteiger partial charge in [-0.1, -0.05) is 0 Å². The van der Waals surface area contributed by atoms with E-state index >= 15 is 0 Å². The normalized spacial score (nSPS) is 19.4. The molecule has 0 saturated heterocycles. The third kappa shape index (κ3) is 9.39. The van der Waals surface area contributed by atoms with Gasteiger partial charge in [-0.2, -0.15) is 13.6 Å². The Kier molecular flexibility index (Phi) is 9.44. The van der Waals surface area contributed by atoms with Crippen molar-refractivity contribution in [2.24, 2.45) is 0 Å². The van der Waals surface area contributed by atoms with Gasteiger partial charge in [-0.25, -0.2) is 22.9 Å². The first-order valence-electron chi connectivity index (χ1n) is 7.58. The lowest BCUT2D eigenvalue weighted by Gasteiger charge is -2.26. The molecule has 0 aliphatic rings. The minimum atomic E-state index is -5.76. The minimum Gasteiger partial charge on any atom is -0.388 e. The molecule has 20 heteroatoms. The van der Waals surface area contributed by atoms with Crippen molar-refractivity contribution >= 4 is 29.3 Å². The van der Waals surface area contributed by atoms with Crippen LogP contribution >= 0.6 is 23.5 Å². The van der Waals surface area contributed by atoms with Crippen LogP contribution in [-0.4, -0.2) is 59.7 Å². The van der Waals surface area contributed by atoms with Gasteiger partial charge in [0.05, 0.1) is 6.61 Å². The van der Waals surface area contributed by atoms with Crippen LogP contribution in [0.1, 0.15) is 13.2 Å². The molecule has 0 radical (unpaired) electrons. The number of aliphatic hydroxyl groups excluding tert-OH is 1. The summed E-state index contributed by atoms with van der Waals surface area (Å²) in [6.07, 6.45) is -3.73. The number of nitrogens with two attached hydrogens (primary N) is 1.